The number of rotatable bonds is 5. The van der Waals surface area contributed by atoms with E-state index < -0.39 is 15.0 Å². The third-order valence-electron chi connectivity index (χ3n) is 3.20. The first-order valence-corrected chi connectivity index (χ1v) is 8.84. The van der Waals surface area contributed by atoms with E-state index in [9.17, 15) is 13.2 Å². The Morgan fingerprint density at radius 2 is 1.95 bits per heavy atom. The van der Waals surface area contributed by atoms with Gasteiger partial charge in [0.05, 0.1) is 10.5 Å². The maximum absolute atomic E-state index is 12.3. The summed E-state index contributed by atoms with van der Waals surface area (Å²) in [6.07, 6.45) is 0.776. The van der Waals surface area contributed by atoms with Crippen molar-refractivity contribution in [1.82, 2.24) is 5.32 Å². The van der Waals surface area contributed by atoms with Crippen LogP contribution in [-0.4, -0.2) is 20.4 Å². The van der Waals surface area contributed by atoms with E-state index >= 15 is 0 Å². The Morgan fingerprint density at radius 3 is 2.40 bits per heavy atom. The van der Waals surface area contributed by atoms with Crippen LogP contribution in [0, 0.1) is 12.8 Å². The summed E-state index contributed by atoms with van der Waals surface area (Å²) in [5, 5.41) is 2.86. The van der Waals surface area contributed by atoms with Gasteiger partial charge in [-0.05, 0) is 31.4 Å². The number of hydrogen-bond acceptors (Lipinski definition) is 3. The van der Waals surface area contributed by atoms with Gasteiger partial charge in [0.2, 0.25) is 0 Å². The number of carbonyl (C=O) groups excluding carboxylic acids is 1. The number of halogens is 1. The highest BCUT2D eigenvalue weighted by atomic mass is 35.7. The first-order chi connectivity index (χ1) is 9.16. The van der Waals surface area contributed by atoms with Crippen LogP contribution >= 0.6 is 10.7 Å². The highest BCUT2D eigenvalue weighted by molar-refractivity contribution is 8.13. The second-order valence-electron chi connectivity index (χ2n) is 5.17. The van der Waals surface area contributed by atoms with Crippen molar-refractivity contribution in [2.45, 2.75) is 45.1 Å². The summed E-state index contributed by atoms with van der Waals surface area (Å²) >= 11 is 0. The summed E-state index contributed by atoms with van der Waals surface area (Å²) < 4.78 is 23.1. The lowest BCUT2D eigenvalue weighted by molar-refractivity contribution is 0.0921. The Labute approximate surface area is 124 Å². The molecule has 0 radical (unpaired) electrons. The van der Waals surface area contributed by atoms with Crippen LogP contribution in [0.15, 0.2) is 23.1 Å². The predicted octanol–water partition coefficient (Wildman–Crippen LogP) is 3.09. The minimum atomic E-state index is -3.95. The molecule has 4 nitrogen and oxygen atoms in total. The molecule has 1 rings (SSSR count). The fraction of sp³-hybridized carbons (Fsp3) is 0.500. The third-order valence-corrected chi connectivity index (χ3v) is 4.58. The van der Waals surface area contributed by atoms with Gasteiger partial charge in [0.1, 0.15) is 0 Å². The minimum absolute atomic E-state index is 0.00566. The second-order valence-corrected chi connectivity index (χ2v) is 7.70. The van der Waals surface area contributed by atoms with E-state index in [-0.39, 0.29) is 22.4 Å². The van der Waals surface area contributed by atoms with Crippen LogP contribution in [0.2, 0.25) is 0 Å². The van der Waals surface area contributed by atoms with Gasteiger partial charge < -0.3 is 5.32 Å². The molecule has 1 aromatic carbocycles. The first-order valence-electron chi connectivity index (χ1n) is 6.53. The van der Waals surface area contributed by atoms with Gasteiger partial charge >= 0.3 is 0 Å². The Bertz CT molecular complexity index is 596. The Morgan fingerprint density at radius 1 is 1.35 bits per heavy atom. The van der Waals surface area contributed by atoms with Crippen LogP contribution in [0.3, 0.4) is 0 Å². The molecule has 0 heterocycles. The van der Waals surface area contributed by atoms with E-state index in [0.717, 1.165) is 12.0 Å². The SMILES string of the molecule is CCC(NC(=O)c1cc(C)ccc1S(=O)(=O)Cl)C(C)C. The van der Waals surface area contributed by atoms with Crippen LogP contribution in [0.1, 0.15) is 43.1 Å². The highest BCUT2D eigenvalue weighted by Gasteiger charge is 2.23. The van der Waals surface area contributed by atoms with Gasteiger partial charge in [-0.25, -0.2) is 8.42 Å². The van der Waals surface area contributed by atoms with Gasteiger partial charge in [-0.1, -0.05) is 32.4 Å². The van der Waals surface area contributed by atoms with E-state index in [1.165, 1.54) is 12.1 Å². The van der Waals surface area contributed by atoms with Gasteiger partial charge in [0.25, 0.3) is 15.0 Å². The molecule has 20 heavy (non-hydrogen) atoms. The fourth-order valence-electron chi connectivity index (χ4n) is 2.02. The highest BCUT2D eigenvalue weighted by Crippen LogP contribution is 2.22. The van der Waals surface area contributed by atoms with Crippen molar-refractivity contribution >= 4 is 25.6 Å². The molecule has 0 aliphatic carbocycles. The van der Waals surface area contributed by atoms with Crippen LogP contribution in [-0.2, 0) is 9.05 Å². The van der Waals surface area contributed by atoms with Crippen LogP contribution < -0.4 is 5.32 Å². The van der Waals surface area contributed by atoms with Gasteiger partial charge in [0.15, 0.2) is 0 Å². The lowest BCUT2D eigenvalue weighted by Crippen LogP contribution is -2.38. The van der Waals surface area contributed by atoms with Crippen molar-refractivity contribution in [2.75, 3.05) is 0 Å². The number of hydrogen-bond donors (Lipinski definition) is 1. The Hall–Kier alpha value is -1.07. The van der Waals surface area contributed by atoms with Crippen molar-refractivity contribution in [3.05, 3.63) is 29.3 Å². The topological polar surface area (TPSA) is 63.2 Å². The number of aryl methyl sites for hydroxylation is 1. The van der Waals surface area contributed by atoms with Gasteiger partial charge in [0, 0.05) is 16.7 Å². The van der Waals surface area contributed by atoms with Gasteiger partial charge in [-0.15, -0.1) is 0 Å². The summed E-state index contributed by atoms with van der Waals surface area (Å²) in [4.78, 5) is 12.2. The summed E-state index contributed by atoms with van der Waals surface area (Å²) in [6.45, 7) is 7.77. The molecule has 1 amide bonds. The normalized spacial score (nSPS) is 13.3. The third kappa shape index (κ3) is 4.21. The summed E-state index contributed by atoms with van der Waals surface area (Å²) in [5.41, 5.74) is 0.899. The molecule has 112 valence electrons. The lowest BCUT2D eigenvalue weighted by atomic mass is 10.0. The van der Waals surface area contributed by atoms with Crippen molar-refractivity contribution < 1.29 is 13.2 Å². The lowest BCUT2D eigenvalue weighted by Gasteiger charge is -2.21. The maximum atomic E-state index is 12.3. The maximum Gasteiger partial charge on any atom is 0.262 e. The quantitative estimate of drug-likeness (QED) is 0.849. The fourth-order valence-corrected chi connectivity index (χ4v) is 3.07. The molecule has 1 N–H and O–H groups in total. The Kier molecular flexibility index (Phi) is 5.59. The van der Waals surface area contributed by atoms with Crippen molar-refractivity contribution in [2.24, 2.45) is 5.92 Å². The zero-order valence-electron chi connectivity index (χ0n) is 12.1. The van der Waals surface area contributed by atoms with Gasteiger partial charge in [-0.3, -0.25) is 4.79 Å². The van der Waals surface area contributed by atoms with E-state index in [1.54, 1.807) is 13.0 Å². The second kappa shape index (κ2) is 6.59. The summed E-state index contributed by atoms with van der Waals surface area (Å²) in [7, 11) is 1.44. The molecular formula is C14H20ClNO3S. The zero-order chi connectivity index (χ0) is 15.5. The molecule has 6 heteroatoms. The molecule has 0 aliphatic heterocycles. The van der Waals surface area contributed by atoms with Crippen LogP contribution in [0.4, 0.5) is 0 Å². The molecule has 0 aliphatic rings. The largest absolute Gasteiger partial charge is 0.349 e. The monoisotopic (exact) mass is 317 g/mol. The molecule has 0 saturated heterocycles. The minimum Gasteiger partial charge on any atom is -0.349 e. The molecule has 0 bridgehead atoms. The zero-order valence-corrected chi connectivity index (χ0v) is 13.7. The molecular weight excluding hydrogens is 298 g/mol. The summed E-state index contributed by atoms with van der Waals surface area (Å²) in [6, 6.07) is 4.51. The van der Waals surface area contributed by atoms with Crippen molar-refractivity contribution in [1.29, 1.82) is 0 Å². The number of carbonyl (C=O) groups is 1. The smallest absolute Gasteiger partial charge is 0.262 e. The number of amides is 1. The molecule has 0 aromatic heterocycles. The average molecular weight is 318 g/mol. The van der Waals surface area contributed by atoms with Crippen LogP contribution in [0.25, 0.3) is 0 Å². The summed E-state index contributed by atoms with van der Waals surface area (Å²) in [5.74, 6) is -0.140. The standard InChI is InChI=1S/C14H20ClNO3S/c1-5-12(9(2)3)16-14(17)11-8-10(4)6-7-13(11)20(15,18)19/h6-9,12H,5H2,1-4H3,(H,16,17). The molecule has 0 spiro atoms. The average Bonchev–Trinajstić information content (AvgIpc) is 2.33. The van der Waals surface area contributed by atoms with E-state index in [0.29, 0.717) is 0 Å². The first kappa shape index (κ1) is 17.0. The molecule has 0 saturated carbocycles. The van der Waals surface area contributed by atoms with Crippen molar-refractivity contribution in [3.63, 3.8) is 0 Å². The molecule has 1 atom stereocenters. The molecule has 1 unspecified atom stereocenters. The molecule has 1 aromatic rings. The van der Waals surface area contributed by atoms with E-state index in [4.69, 9.17) is 10.7 Å². The Balaban J connectivity index is 3.18. The van der Waals surface area contributed by atoms with Gasteiger partial charge in [-0.2, -0.15) is 0 Å². The molecule has 0 fully saturated rings. The number of benzene rings is 1. The van der Waals surface area contributed by atoms with Crippen LogP contribution in [0.5, 0.6) is 0 Å². The van der Waals surface area contributed by atoms with E-state index in [1.807, 2.05) is 20.8 Å². The van der Waals surface area contributed by atoms with E-state index in [2.05, 4.69) is 5.32 Å². The van der Waals surface area contributed by atoms with Crippen molar-refractivity contribution in [3.8, 4) is 0 Å². The number of nitrogens with one attached hydrogen (secondary N) is 1. The predicted molar refractivity (Wildman–Crippen MR) is 80.6 cm³/mol.